The summed E-state index contributed by atoms with van der Waals surface area (Å²) in [6.45, 7) is 0.357. The zero-order valence-electron chi connectivity index (χ0n) is 10.2. The van der Waals surface area contributed by atoms with E-state index >= 15 is 0 Å². The summed E-state index contributed by atoms with van der Waals surface area (Å²) in [4.78, 5) is 12.4. The Bertz CT molecular complexity index is 516. The highest BCUT2D eigenvalue weighted by atomic mass is 32.2. The van der Waals surface area contributed by atoms with Gasteiger partial charge in [-0.2, -0.15) is 0 Å². The van der Waals surface area contributed by atoms with Gasteiger partial charge in [-0.05, 0) is 12.3 Å². The van der Waals surface area contributed by atoms with Crippen LogP contribution in [0.3, 0.4) is 0 Å². The molecule has 2 aromatic heterocycles. The van der Waals surface area contributed by atoms with E-state index in [0.29, 0.717) is 23.3 Å². The number of thioether (sulfide) groups is 1. The fourth-order valence-corrected chi connectivity index (χ4v) is 1.88. The monoisotopic (exact) mass is 265 g/mol. The summed E-state index contributed by atoms with van der Waals surface area (Å²) in [7, 11) is 1.85. The third kappa shape index (κ3) is 2.99. The second-order valence-corrected chi connectivity index (χ2v) is 4.50. The van der Waals surface area contributed by atoms with E-state index in [2.05, 4.69) is 20.3 Å². The molecule has 6 nitrogen and oxygen atoms in total. The Hall–Kier alpha value is -1.60. The van der Waals surface area contributed by atoms with E-state index in [1.807, 2.05) is 13.3 Å². The molecule has 18 heavy (non-hydrogen) atoms. The van der Waals surface area contributed by atoms with Crippen molar-refractivity contribution in [2.45, 2.75) is 11.3 Å². The number of rotatable bonds is 5. The van der Waals surface area contributed by atoms with Crippen LogP contribution >= 0.6 is 11.8 Å². The number of nitrogens with one attached hydrogen (secondary N) is 1. The minimum Gasteiger partial charge on any atom is -0.383 e. The van der Waals surface area contributed by atoms with Crippen molar-refractivity contribution >= 4 is 17.6 Å². The van der Waals surface area contributed by atoms with Crippen LogP contribution < -0.4 is 5.32 Å². The Labute approximate surface area is 109 Å². The van der Waals surface area contributed by atoms with Crippen LogP contribution in [0.4, 0.5) is 5.82 Å². The van der Waals surface area contributed by atoms with Gasteiger partial charge in [0.1, 0.15) is 17.7 Å². The van der Waals surface area contributed by atoms with Gasteiger partial charge in [-0.25, -0.2) is 15.0 Å². The first-order valence-corrected chi connectivity index (χ1v) is 6.69. The molecule has 0 saturated carbocycles. The van der Waals surface area contributed by atoms with Crippen molar-refractivity contribution in [3.05, 3.63) is 30.5 Å². The molecule has 0 aromatic carbocycles. The van der Waals surface area contributed by atoms with Gasteiger partial charge in [0.05, 0.1) is 0 Å². The van der Waals surface area contributed by atoms with E-state index in [4.69, 9.17) is 0 Å². The van der Waals surface area contributed by atoms with Crippen molar-refractivity contribution in [2.24, 2.45) is 7.05 Å². The van der Waals surface area contributed by atoms with Crippen molar-refractivity contribution in [1.82, 2.24) is 19.5 Å². The molecule has 0 aliphatic heterocycles. The van der Waals surface area contributed by atoms with Crippen LogP contribution in [-0.4, -0.2) is 37.4 Å². The van der Waals surface area contributed by atoms with Crippen LogP contribution in [0.5, 0.6) is 0 Å². The molecular formula is C11H15N5OS. The third-order valence-corrected chi connectivity index (χ3v) is 3.01. The first-order chi connectivity index (χ1) is 8.70. The quantitative estimate of drug-likeness (QED) is 0.622. The highest BCUT2D eigenvalue weighted by Gasteiger charge is 2.12. The van der Waals surface area contributed by atoms with E-state index < -0.39 is 6.10 Å². The molecule has 2 aromatic rings. The molecule has 0 bridgehead atoms. The molecular weight excluding hydrogens is 250 g/mol. The van der Waals surface area contributed by atoms with Crippen molar-refractivity contribution < 1.29 is 5.11 Å². The summed E-state index contributed by atoms with van der Waals surface area (Å²) in [5, 5.41) is 13.8. The first kappa shape index (κ1) is 12.8. The van der Waals surface area contributed by atoms with Crippen LogP contribution in [0.2, 0.25) is 0 Å². The molecule has 0 aliphatic carbocycles. The van der Waals surface area contributed by atoms with E-state index in [1.165, 1.54) is 11.8 Å². The van der Waals surface area contributed by atoms with Crippen LogP contribution in [0.25, 0.3) is 0 Å². The van der Waals surface area contributed by atoms with Crippen molar-refractivity contribution in [3.63, 3.8) is 0 Å². The summed E-state index contributed by atoms with van der Waals surface area (Å²) in [6.07, 6.45) is 6.40. The Kier molecular flexibility index (Phi) is 4.16. The molecule has 2 N–H and O–H groups in total. The topological polar surface area (TPSA) is 75.9 Å². The first-order valence-electron chi connectivity index (χ1n) is 5.47. The SMILES string of the molecule is CSc1nccc(NC[C@H](O)c2nccn2C)n1. The normalized spacial score (nSPS) is 12.4. The Morgan fingerprint density at radius 3 is 2.94 bits per heavy atom. The predicted octanol–water partition coefficient (Wildman–Crippen LogP) is 1.08. The number of hydrogen-bond donors (Lipinski definition) is 2. The molecule has 2 heterocycles. The molecule has 96 valence electrons. The summed E-state index contributed by atoms with van der Waals surface area (Å²) in [5.74, 6) is 1.32. The number of aromatic nitrogens is 4. The Morgan fingerprint density at radius 1 is 1.44 bits per heavy atom. The number of hydrogen-bond acceptors (Lipinski definition) is 6. The summed E-state index contributed by atoms with van der Waals surface area (Å²) >= 11 is 1.48. The maximum atomic E-state index is 9.98. The largest absolute Gasteiger partial charge is 0.383 e. The fraction of sp³-hybridized carbons (Fsp3) is 0.364. The lowest BCUT2D eigenvalue weighted by Gasteiger charge is -2.12. The molecule has 0 spiro atoms. The molecule has 0 saturated heterocycles. The van der Waals surface area contributed by atoms with Crippen molar-refractivity contribution in [1.29, 1.82) is 0 Å². The highest BCUT2D eigenvalue weighted by Crippen LogP contribution is 2.13. The van der Waals surface area contributed by atoms with E-state index in [-0.39, 0.29) is 0 Å². The van der Waals surface area contributed by atoms with Gasteiger partial charge in [-0.15, -0.1) is 0 Å². The molecule has 0 radical (unpaired) electrons. The smallest absolute Gasteiger partial charge is 0.189 e. The van der Waals surface area contributed by atoms with Gasteiger partial charge in [-0.3, -0.25) is 0 Å². The van der Waals surface area contributed by atoms with Gasteiger partial charge in [0.15, 0.2) is 5.16 Å². The van der Waals surface area contributed by atoms with Gasteiger partial charge >= 0.3 is 0 Å². The fourth-order valence-electron chi connectivity index (χ4n) is 1.53. The Morgan fingerprint density at radius 2 is 2.28 bits per heavy atom. The molecule has 0 unspecified atom stereocenters. The molecule has 0 fully saturated rings. The van der Waals surface area contributed by atoms with E-state index in [9.17, 15) is 5.11 Å². The van der Waals surface area contributed by atoms with Crippen molar-refractivity contribution in [3.8, 4) is 0 Å². The molecule has 2 rings (SSSR count). The lowest BCUT2D eigenvalue weighted by molar-refractivity contribution is 0.178. The number of aliphatic hydroxyl groups excluding tert-OH is 1. The van der Waals surface area contributed by atoms with Gasteiger partial charge in [0, 0.05) is 32.2 Å². The third-order valence-electron chi connectivity index (χ3n) is 2.45. The average molecular weight is 265 g/mol. The maximum Gasteiger partial charge on any atom is 0.189 e. The number of nitrogens with zero attached hydrogens (tertiary/aromatic N) is 4. The van der Waals surface area contributed by atoms with Crippen LogP contribution in [-0.2, 0) is 7.05 Å². The zero-order valence-corrected chi connectivity index (χ0v) is 11.1. The number of imidazole rings is 1. The number of anilines is 1. The number of aliphatic hydroxyl groups is 1. The van der Waals surface area contributed by atoms with Crippen LogP contribution in [0, 0.1) is 0 Å². The lowest BCUT2D eigenvalue weighted by Crippen LogP contribution is -2.16. The van der Waals surface area contributed by atoms with E-state index in [0.717, 1.165) is 0 Å². The summed E-state index contributed by atoms with van der Waals surface area (Å²) in [5.41, 5.74) is 0. The van der Waals surface area contributed by atoms with E-state index in [1.54, 1.807) is 29.2 Å². The summed E-state index contributed by atoms with van der Waals surface area (Å²) in [6, 6.07) is 1.77. The minimum absolute atomic E-state index is 0.357. The second-order valence-electron chi connectivity index (χ2n) is 3.72. The number of aryl methyl sites for hydroxylation is 1. The average Bonchev–Trinajstić information content (AvgIpc) is 2.82. The molecule has 0 amide bonds. The van der Waals surface area contributed by atoms with Crippen molar-refractivity contribution in [2.75, 3.05) is 18.1 Å². The van der Waals surface area contributed by atoms with Gasteiger partial charge < -0.3 is 15.0 Å². The predicted molar refractivity (Wildman–Crippen MR) is 70.5 cm³/mol. The lowest BCUT2D eigenvalue weighted by atomic mass is 10.3. The van der Waals surface area contributed by atoms with Gasteiger partial charge in [0.2, 0.25) is 0 Å². The van der Waals surface area contributed by atoms with Gasteiger partial charge in [-0.1, -0.05) is 11.8 Å². The van der Waals surface area contributed by atoms with Crippen LogP contribution in [0.15, 0.2) is 29.8 Å². The van der Waals surface area contributed by atoms with Crippen LogP contribution in [0.1, 0.15) is 11.9 Å². The molecule has 7 heteroatoms. The maximum absolute atomic E-state index is 9.98. The Balaban J connectivity index is 1.97. The standard InChI is InChI=1S/C11H15N5OS/c1-16-6-5-12-10(16)8(17)7-14-9-3-4-13-11(15-9)18-2/h3-6,8,17H,7H2,1-2H3,(H,13,14,15)/t8-/m0/s1. The van der Waals surface area contributed by atoms with Gasteiger partial charge in [0.25, 0.3) is 0 Å². The summed E-state index contributed by atoms with van der Waals surface area (Å²) < 4.78 is 1.79. The minimum atomic E-state index is -0.669. The molecule has 0 aliphatic rings. The molecule has 1 atom stereocenters. The highest BCUT2D eigenvalue weighted by molar-refractivity contribution is 7.98. The zero-order chi connectivity index (χ0) is 13.0. The second kappa shape index (κ2) is 5.83.